The number of ether oxygens (including phenoxy) is 5. The molecule has 0 saturated heterocycles. The predicted molar refractivity (Wildman–Crippen MR) is 205 cm³/mol. The van der Waals surface area contributed by atoms with Crippen molar-refractivity contribution in [1.82, 2.24) is 10.3 Å². The molecule has 0 saturated carbocycles. The van der Waals surface area contributed by atoms with Crippen LogP contribution in [0.3, 0.4) is 0 Å². The molecule has 0 aliphatic rings. The van der Waals surface area contributed by atoms with Crippen LogP contribution >= 0.6 is 11.6 Å². The number of alkyl halides is 3. The lowest BCUT2D eigenvalue weighted by Crippen LogP contribution is -2.19. The molecule has 3 amide bonds. The second-order valence-corrected chi connectivity index (χ2v) is 11.6. The molecule has 1 heterocycles. The number of aromatic nitrogens is 1. The van der Waals surface area contributed by atoms with Gasteiger partial charge >= 0.3 is 12.2 Å². The number of nitrogens with one attached hydrogen (secondary N) is 3. The average molecular weight is 797 g/mol. The van der Waals surface area contributed by atoms with Gasteiger partial charge in [0.15, 0.2) is 23.0 Å². The number of nitrogens with zero attached hydrogens (tertiary/aromatic N) is 1. The topological polar surface area (TPSA) is 170 Å². The number of pyridine rings is 1. The number of amides is 3. The number of carbonyl (C=O) groups is 2. The molecular formula is C39H36ClF3N4O9. The zero-order chi connectivity index (χ0) is 41.0. The molecular weight excluding hydrogens is 761 g/mol. The molecule has 0 aliphatic heterocycles. The van der Waals surface area contributed by atoms with Crippen molar-refractivity contribution < 1.29 is 56.7 Å². The van der Waals surface area contributed by atoms with Crippen molar-refractivity contribution in [2.75, 3.05) is 46.1 Å². The van der Waals surface area contributed by atoms with E-state index in [-0.39, 0.29) is 34.5 Å². The van der Waals surface area contributed by atoms with E-state index in [4.69, 9.17) is 35.3 Å². The summed E-state index contributed by atoms with van der Waals surface area (Å²) in [4.78, 5) is 27.7. The van der Waals surface area contributed by atoms with Gasteiger partial charge in [-0.3, -0.25) is 9.78 Å². The van der Waals surface area contributed by atoms with Gasteiger partial charge < -0.3 is 49.8 Å². The van der Waals surface area contributed by atoms with Gasteiger partial charge in [0.05, 0.1) is 39.0 Å². The third-order valence-corrected chi connectivity index (χ3v) is 7.91. The molecule has 5 aromatic rings. The lowest BCUT2D eigenvalue weighted by Gasteiger charge is -2.13. The summed E-state index contributed by atoms with van der Waals surface area (Å²) in [5, 5.41) is 26.7. The number of hydrogen-bond donors (Lipinski definition) is 5. The van der Waals surface area contributed by atoms with Crippen LogP contribution in [-0.4, -0.2) is 62.6 Å². The molecule has 0 atom stereocenters. The van der Waals surface area contributed by atoms with Gasteiger partial charge in [0.25, 0.3) is 5.91 Å². The van der Waals surface area contributed by atoms with Crippen molar-refractivity contribution in [3.8, 4) is 46.0 Å². The lowest BCUT2D eigenvalue weighted by molar-refractivity contribution is -0.137. The number of phenols is 2. The van der Waals surface area contributed by atoms with Crippen LogP contribution in [0.15, 0.2) is 85.1 Å². The molecule has 0 bridgehead atoms. The van der Waals surface area contributed by atoms with E-state index in [9.17, 15) is 33.0 Å². The maximum Gasteiger partial charge on any atom is 0.417 e. The Morgan fingerprint density at radius 1 is 0.732 bits per heavy atom. The summed E-state index contributed by atoms with van der Waals surface area (Å²) in [7, 11) is 7.52. The lowest BCUT2D eigenvalue weighted by atomic mass is 10.1. The second-order valence-electron chi connectivity index (χ2n) is 11.2. The van der Waals surface area contributed by atoms with Crippen molar-refractivity contribution in [2.45, 2.75) is 6.18 Å². The Morgan fingerprint density at radius 3 is 1.95 bits per heavy atom. The van der Waals surface area contributed by atoms with E-state index in [0.29, 0.717) is 40.0 Å². The first-order valence-electron chi connectivity index (χ1n) is 16.2. The van der Waals surface area contributed by atoms with Gasteiger partial charge in [0.1, 0.15) is 17.2 Å². The SMILES string of the molecule is CNC(=O)c1cc(Oc2ccc(NC(=O)Nc3ccc(Cl)c(C(F)(F)F)c3)cc2)ccn1.COc1ccc(/C=C\c2cc(OC)c(OC)c(OC)c2)c(O)c1O. The van der Waals surface area contributed by atoms with Crippen LogP contribution < -0.4 is 39.6 Å². The highest BCUT2D eigenvalue weighted by atomic mass is 35.5. The number of phenolic OH excluding ortho intramolecular Hbond substituents is 2. The first-order valence-corrected chi connectivity index (χ1v) is 16.6. The fourth-order valence-electron chi connectivity index (χ4n) is 4.84. The van der Waals surface area contributed by atoms with E-state index in [0.717, 1.165) is 17.7 Å². The largest absolute Gasteiger partial charge is 0.504 e. The molecule has 0 fully saturated rings. The molecule has 5 rings (SSSR count). The van der Waals surface area contributed by atoms with Crippen LogP contribution in [0, 0.1) is 0 Å². The van der Waals surface area contributed by atoms with Gasteiger partial charge in [0.2, 0.25) is 11.5 Å². The Labute approximate surface area is 324 Å². The van der Waals surface area contributed by atoms with Crippen LogP contribution in [0.5, 0.6) is 46.0 Å². The molecule has 1 aromatic heterocycles. The molecule has 294 valence electrons. The minimum absolute atomic E-state index is 0.0659. The number of benzene rings is 4. The van der Waals surface area contributed by atoms with Crippen molar-refractivity contribution in [2.24, 2.45) is 0 Å². The normalized spacial score (nSPS) is 10.8. The third-order valence-electron chi connectivity index (χ3n) is 7.58. The van der Waals surface area contributed by atoms with Crippen molar-refractivity contribution >= 4 is 47.1 Å². The number of carbonyl (C=O) groups excluding carboxylic acids is 2. The van der Waals surface area contributed by atoms with Crippen LogP contribution in [0.2, 0.25) is 5.02 Å². The summed E-state index contributed by atoms with van der Waals surface area (Å²) in [6.45, 7) is 0. The quantitative estimate of drug-likeness (QED) is 0.0643. The Kier molecular flexibility index (Phi) is 14.2. The highest BCUT2D eigenvalue weighted by Gasteiger charge is 2.33. The molecule has 0 unspecified atom stereocenters. The monoisotopic (exact) mass is 796 g/mol. The minimum atomic E-state index is -4.64. The number of hydrogen-bond acceptors (Lipinski definition) is 10. The van der Waals surface area contributed by atoms with E-state index < -0.39 is 22.8 Å². The van der Waals surface area contributed by atoms with Gasteiger partial charge in [0, 0.05) is 36.2 Å². The molecule has 0 aliphatic carbocycles. The summed E-state index contributed by atoms with van der Waals surface area (Å²) in [5.74, 6) is 1.67. The Balaban J connectivity index is 0.000000259. The maximum absolute atomic E-state index is 12.9. The fourth-order valence-corrected chi connectivity index (χ4v) is 5.07. The third kappa shape index (κ3) is 10.9. The van der Waals surface area contributed by atoms with E-state index in [1.807, 2.05) is 0 Å². The van der Waals surface area contributed by atoms with Gasteiger partial charge in [-0.15, -0.1) is 0 Å². The smallest absolute Gasteiger partial charge is 0.417 e. The highest BCUT2D eigenvalue weighted by Crippen LogP contribution is 2.41. The first kappa shape index (κ1) is 41.9. The van der Waals surface area contributed by atoms with Crippen LogP contribution in [0.25, 0.3) is 12.2 Å². The van der Waals surface area contributed by atoms with Crippen LogP contribution in [0.1, 0.15) is 27.2 Å². The number of methoxy groups -OCH3 is 4. The van der Waals surface area contributed by atoms with Crippen molar-refractivity contribution in [1.29, 1.82) is 0 Å². The number of anilines is 2. The molecule has 13 nitrogen and oxygen atoms in total. The molecule has 4 aromatic carbocycles. The van der Waals surface area contributed by atoms with E-state index >= 15 is 0 Å². The zero-order valence-electron chi connectivity index (χ0n) is 30.4. The second kappa shape index (κ2) is 19.0. The summed E-state index contributed by atoms with van der Waals surface area (Å²) in [5.41, 5.74) is 0.677. The molecule has 17 heteroatoms. The predicted octanol–water partition coefficient (Wildman–Crippen LogP) is 8.85. The first-order chi connectivity index (χ1) is 26.7. The maximum atomic E-state index is 12.9. The Hall–Kier alpha value is -6.81. The summed E-state index contributed by atoms with van der Waals surface area (Å²) in [6, 6.07) is 18.4. The van der Waals surface area contributed by atoms with Crippen LogP contribution in [0.4, 0.5) is 29.3 Å². The Bertz CT molecular complexity index is 2180. The van der Waals surface area contributed by atoms with E-state index in [2.05, 4.69) is 20.9 Å². The van der Waals surface area contributed by atoms with E-state index in [1.165, 1.54) is 53.8 Å². The zero-order valence-corrected chi connectivity index (χ0v) is 31.2. The number of halogens is 4. The van der Waals surface area contributed by atoms with Gasteiger partial charge in [-0.25, -0.2) is 4.79 Å². The average Bonchev–Trinajstić information content (AvgIpc) is 3.19. The molecule has 0 spiro atoms. The minimum Gasteiger partial charge on any atom is -0.504 e. The highest BCUT2D eigenvalue weighted by molar-refractivity contribution is 6.31. The number of aromatic hydroxyl groups is 2. The molecule has 56 heavy (non-hydrogen) atoms. The fraction of sp³-hybridized carbons (Fsp3) is 0.154. The van der Waals surface area contributed by atoms with Crippen LogP contribution in [-0.2, 0) is 6.18 Å². The Morgan fingerprint density at radius 2 is 1.36 bits per heavy atom. The van der Waals surface area contributed by atoms with Crippen molar-refractivity contribution in [3.05, 3.63) is 112 Å². The standard InChI is InChI=1S/C21H16ClF3N4O3.C18H20O6/c1-26-19(30)18-11-15(8-9-27-18)32-14-5-2-12(3-6-14)28-20(31)29-13-4-7-17(22)16(10-13)21(23,24)25;1-21-13-8-7-12(16(19)17(13)20)6-5-11-9-14(22-2)18(24-4)15(10-11)23-3/h2-11H,1H3,(H,26,30)(H2,28,29,31);5-10,19-20H,1-4H3/b;6-5-. The van der Waals surface area contributed by atoms with Gasteiger partial charge in [-0.2, -0.15) is 13.2 Å². The summed E-state index contributed by atoms with van der Waals surface area (Å²) in [6.07, 6.45) is 0.207. The summed E-state index contributed by atoms with van der Waals surface area (Å²) >= 11 is 5.57. The van der Waals surface area contributed by atoms with Gasteiger partial charge in [-0.1, -0.05) is 23.8 Å². The molecule has 0 radical (unpaired) electrons. The number of rotatable bonds is 11. The van der Waals surface area contributed by atoms with Crippen molar-refractivity contribution in [3.63, 3.8) is 0 Å². The van der Waals surface area contributed by atoms with Gasteiger partial charge in [-0.05, 0) is 78.4 Å². The van der Waals surface area contributed by atoms with E-state index in [1.54, 1.807) is 66.7 Å². The summed E-state index contributed by atoms with van der Waals surface area (Å²) < 4.78 is 65.3. The molecule has 5 N–H and O–H groups in total. The number of urea groups is 1.